The van der Waals surface area contributed by atoms with Gasteiger partial charge in [0.2, 0.25) is 5.52 Å². The number of furan rings is 1. The first-order valence-electron chi connectivity index (χ1n) is 8.21. The second-order valence-corrected chi connectivity index (χ2v) is 6.24. The maximum absolute atomic E-state index is 6.21. The van der Waals surface area contributed by atoms with Crippen molar-refractivity contribution in [3.63, 3.8) is 0 Å². The molecule has 4 aromatic heterocycles. The molecule has 5 heteroatoms. The van der Waals surface area contributed by atoms with Crippen molar-refractivity contribution in [1.29, 1.82) is 0 Å². The van der Waals surface area contributed by atoms with Gasteiger partial charge in [0.15, 0.2) is 0 Å². The summed E-state index contributed by atoms with van der Waals surface area (Å²) in [6.45, 7) is 0.766. The number of imidazole rings is 1. The van der Waals surface area contributed by atoms with Gasteiger partial charge in [-0.2, -0.15) is 9.13 Å². The van der Waals surface area contributed by atoms with Gasteiger partial charge in [-0.15, -0.1) is 0 Å². The smallest absolute Gasteiger partial charge is 0.340 e. The lowest BCUT2D eigenvalue weighted by Gasteiger charge is -2.01. The molecule has 1 aliphatic heterocycles. The fourth-order valence-electron chi connectivity index (χ4n) is 3.82. The molecule has 0 spiro atoms. The summed E-state index contributed by atoms with van der Waals surface area (Å²) in [7, 11) is 0. The third-order valence-corrected chi connectivity index (χ3v) is 4.87. The van der Waals surface area contributed by atoms with Crippen LogP contribution in [0, 0.1) is 0 Å². The molecular formula is C20H13N4O+. The van der Waals surface area contributed by atoms with Crippen molar-refractivity contribution < 1.29 is 8.98 Å². The van der Waals surface area contributed by atoms with Crippen molar-refractivity contribution in [3.8, 4) is 17.1 Å². The van der Waals surface area contributed by atoms with Crippen LogP contribution in [0.1, 0.15) is 5.56 Å². The predicted octanol–water partition coefficient (Wildman–Crippen LogP) is 3.48. The summed E-state index contributed by atoms with van der Waals surface area (Å²) in [5.74, 6) is 1.13. The first-order valence-corrected chi connectivity index (χ1v) is 8.21. The molecule has 0 atom stereocenters. The molecule has 118 valence electrons. The number of nitrogens with zero attached hydrogens (tertiary/aromatic N) is 4. The molecule has 0 bridgehead atoms. The lowest BCUT2D eigenvalue weighted by Crippen LogP contribution is -2.31. The van der Waals surface area contributed by atoms with Crippen molar-refractivity contribution in [2.45, 2.75) is 6.54 Å². The van der Waals surface area contributed by atoms with Crippen LogP contribution in [0.2, 0.25) is 0 Å². The predicted molar refractivity (Wildman–Crippen MR) is 93.4 cm³/mol. The van der Waals surface area contributed by atoms with Crippen LogP contribution in [0.15, 0.2) is 71.7 Å². The Kier molecular flexibility index (Phi) is 2.34. The zero-order valence-electron chi connectivity index (χ0n) is 13.3. The van der Waals surface area contributed by atoms with Crippen LogP contribution < -0.4 is 4.57 Å². The molecule has 1 aromatic carbocycles. The van der Waals surface area contributed by atoms with Crippen LogP contribution in [0.5, 0.6) is 0 Å². The van der Waals surface area contributed by atoms with Gasteiger partial charge in [-0.3, -0.25) is 9.97 Å². The largest absolute Gasteiger partial charge is 0.419 e. The maximum atomic E-state index is 6.21. The van der Waals surface area contributed by atoms with Crippen LogP contribution in [0.4, 0.5) is 0 Å². The number of rotatable bonds is 1. The molecule has 5 aromatic rings. The number of aromatic nitrogens is 4. The van der Waals surface area contributed by atoms with E-state index in [1.54, 1.807) is 6.20 Å². The van der Waals surface area contributed by atoms with E-state index in [0.717, 1.165) is 40.3 Å². The highest BCUT2D eigenvalue weighted by molar-refractivity contribution is 6.02. The minimum Gasteiger partial charge on any atom is -0.419 e. The molecular weight excluding hydrogens is 312 g/mol. The lowest BCUT2D eigenvalue weighted by atomic mass is 10.1. The van der Waals surface area contributed by atoms with Gasteiger partial charge < -0.3 is 4.42 Å². The summed E-state index contributed by atoms with van der Waals surface area (Å²) in [6, 6.07) is 14.4. The van der Waals surface area contributed by atoms with Gasteiger partial charge in [-0.1, -0.05) is 18.2 Å². The molecule has 25 heavy (non-hydrogen) atoms. The van der Waals surface area contributed by atoms with E-state index in [1.807, 2.05) is 30.7 Å². The van der Waals surface area contributed by atoms with Crippen LogP contribution in [0.3, 0.4) is 0 Å². The maximum Gasteiger partial charge on any atom is 0.340 e. The van der Waals surface area contributed by atoms with Gasteiger partial charge >= 0.3 is 5.71 Å². The number of fused-ring (bicyclic) bond motifs is 7. The van der Waals surface area contributed by atoms with E-state index in [-0.39, 0.29) is 0 Å². The first-order chi connectivity index (χ1) is 12.4. The number of hydrogen-bond donors (Lipinski definition) is 0. The third kappa shape index (κ3) is 1.59. The van der Waals surface area contributed by atoms with Crippen molar-refractivity contribution in [2.75, 3.05) is 0 Å². The highest BCUT2D eigenvalue weighted by Gasteiger charge is 2.38. The number of pyridine rings is 2. The van der Waals surface area contributed by atoms with E-state index < -0.39 is 0 Å². The van der Waals surface area contributed by atoms with Crippen molar-refractivity contribution in [2.24, 2.45) is 0 Å². The molecule has 1 aliphatic rings. The molecule has 0 radical (unpaired) electrons. The van der Waals surface area contributed by atoms with Crippen LogP contribution >= 0.6 is 0 Å². The van der Waals surface area contributed by atoms with E-state index >= 15 is 0 Å². The summed E-state index contributed by atoms with van der Waals surface area (Å²) in [6.07, 6.45) is 7.43. The zero-order chi connectivity index (χ0) is 16.4. The fraction of sp³-hybridized carbons (Fsp3) is 0.0500. The van der Waals surface area contributed by atoms with E-state index in [1.165, 1.54) is 11.1 Å². The molecule has 5 heterocycles. The Morgan fingerprint density at radius 2 is 1.80 bits per heavy atom. The highest BCUT2D eigenvalue weighted by Crippen LogP contribution is 2.37. The van der Waals surface area contributed by atoms with Gasteiger partial charge in [0.1, 0.15) is 17.8 Å². The molecule has 0 saturated carbocycles. The Labute approximate surface area is 142 Å². The van der Waals surface area contributed by atoms with Gasteiger partial charge in [0.05, 0.1) is 10.9 Å². The Hall–Kier alpha value is -3.47. The molecule has 0 saturated heterocycles. The Balaban J connectivity index is 1.84. The minimum absolute atomic E-state index is 0.766. The third-order valence-electron chi connectivity index (χ3n) is 4.87. The van der Waals surface area contributed by atoms with Crippen molar-refractivity contribution in [3.05, 3.63) is 72.8 Å². The minimum atomic E-state index is 0.766. The second kappa shape index (κ2) is 4.54. The zero-order valence-corrected chi connectivity index (χ0v) is 13.3. The van der Waals surface area contributed by atoms with Crippen molar-refractivity contribution >= 4 is 22.2 Å². The summed E-state index contributed by atoms with van der Waals surface area (Å²) < 4.78 is 10.7. The monoisotopic (exact) mass is 325 g/mol. The number of hydrogen-bond acceptors (Lipinski definition) is 3. The van der Waals surface area contributed by atoms with E-state index in [2.05, 4.69) is 49.4 Å². The molecule has 5 nitrogen and oxygen atoms in total. The lowest BCUT2D eigenvalue weighted by molar-refractivity contribution is -0.652. The summed E-state index contributed by atoms with van der Waals surface area (Å²) in [5, 5.41) is 1.03. The van der Waals surface area contributed by atoms with Crippen LogP contribution in [-0.2, 0) is 6.54 Å². The van der Waals surface area contributed by atoms with Gasteiger partial charge in [-0.25, -0.2) is 0 Å². The average Bonchev–Trinajstić information content (AvgIpc) is 3.30. The normalized spacial score (nSPS) is 12.6. The standard InChI is InChI=1S/C20H13N4O/c1-2-4-14(5-3-1)24-18-16-11-22-9-7-17(16)25-20(18)23-12-13-10-21-8-6-15(13)19(23)24/h1-11H,12H2/q+1. The summed E-state index contributed by atoms with van der Waals surface area (Å²) in [4.78, 5) is 8.59. The fourth-order valence-corrected chi connectivity index (χ4v) is 3.82. The van der Waals surface area contributed by atoms with Crippen molar-refractivity contribution in [1.82, 2.24) is 14.5 Å². The van der Waals surface area contributed by atoms with E-state index in [0.29, 0.717) is 0 Å². The Bertz CT molecular complexity index is 1270. The number of benzene rings is 1. The van der Waals surface area contributed by atoms with Crippen LogP contribution in [0.25, 0.3) is 39.3 Å². The topological polar surface area (TPSA) is 47.7 Å². The molecule has 6 rings (SSSR count). The second-order valence-electron chi connectivity index (χ2n) is 6.24. The van der Waals surface area contributed by atoms with Gasteiger partial charge in [0.25, 0.3) is 5.82 Å². The Morgan fingerprint density at radius 1 is 0.960 bits per heavy atom. The molecule has 0 N–H and O–H groups in total. The SMILES string of the molecule is c1ccc(-n2c3[n+](c4oc5ccncc5c42)Cc2cnccc2-3)cc1. The summed E-state index contributed by atoms with van der Waals surface area (Å²) in [5.41, 5.74) is 6.31. The van der Waals surface area contributed by atoms with E-state index in [9.17, 15) is 0 Å². The quantitative estimate of drug-likeness (QED) is 0.435. The van der Waals surface area contributed by atoms with Gasteiger partial charge in [0, 0.05) is 36.4 Å². The molecule has 0 aliphatic carbocycles. The highest BCUT2D eigenvalue weighted by atomic mass is 16.3. The van der Waals surface area contributed by atoms with E-state index in [4.69, 9.17) is 4.42 Å². The average molecular weight is 325 g/mol. The number of para-hydroxylation sites is 1. The van der Waals surface area contributed by atoms with Gasteiger partial charge in [-0.05, 0) is 18.2 Å². The Morgan fingerprint density at radius 3 is 2.72 bits per heavy atom. The molecule has 0 amide bonds. The first kappa shape index (κ1) is 12.9. The molecule has 0 fully saturated rings. The summed E-state index contributed by atoms with van der Waals surface area (Å²) >= 11 is 0. The van der Waals surface area contributed by atoms with Crippen LogP contribution in [-0.4, -0.2) is 14.5 Å². The molecule has 0 unspecified atom stereocenters.